The first kappa shape index (κ1) is 20.9. The van der Waals surface area contributed by atoms with Crippen molar-refractivity contribution in [2.45, 2.75) is 34.2 Å². The number of carbonyl (C=O) groups excluding carboxylic acids is 2. The number of nitrogens with one attached hydrogen (secondary N) is 1. The van der Waals surface area contributed by atoms with Crippen molar-refractivity contribution in [3.63, 3.8) is 0 Å². The maximum atomic E-state index is 13.4. The summed E-state index contributed by atoms with van der Waals surface area (Å²) in [6.45, 7) is 7.39. The number of hydrogen-bond donors (Lipinski definition) is 1. The highest BCUT2D eigenvalue weighted by Gasteiger charge is 2.19. The summed E-state index contributed by atoms with van der Waals surface area (Å²) in [5.41, 5.74) is 5.84. The lowest BCUT2D eigenvalue weighted by Gasteiger charge is -2.11. The van der Waals surface area contributed by atoms with Crippen LogP contribution in [-0.4, -0.2) is 21.2 Å². The molecule has 0 spiro atoms. The number of aryl methyl sites for hydroxylation is 2. The van der Waals surface area contributed by atoms with Gasteiger partial charge >= 0.3 is 0 Å². The second-order valence-electron chi connectivity index (χ2n) is 7.65. The van der Waals surface area contributed by atoms with Crippen molar-refractivity contribution in [3.05, 3.63) is 70.7 Å². The fourth-order valence-electron chi connectivity index (χ4n) is 3.60. The molecule has 7 heteroatoms. The molecule has 2 heterocycles. The first-order valence-corrected chi connectivity index (χ1v) is 10.7. The van der Waals surface area contributed by atoms with Crippen molar-refractivity contribution in [1.82, 2.24) is 9.55 Å². The van der Waals surface area contributed by atoms with Crippen LogP contribution in [0.4, 0.5) is 9.52 Å². The van der Waals surface area contributed by atoms with E-state index in [9.17, 15) is 14.0 Å². The maximum absolute atomic E-state index is 13.4. The number of amides is 1. The monoisotopic (exact) mass is 435 g/mol. The van der Waals surface area contributed by atoms with E-state index < -0.39 is 0 Å². The normalized spacial score (nSPS) is 11.1. The number of ketones is 1. The Morgan fingerprint density at radius 1 is 1.06 bits per heavy atom. The molecule has 4 aromatic rings. The Morgan fingerprint density at radius 3 is 2.42 bits per heavy atom. The van der Waals surface area contributed by atoms with Crippen molar-refractivity contribution < 1.29 is 14.0 Å². The molecule has 2 aromatic carbocycles. The van der Waals surface area contributed by atoms with Gasteiger partial charge in [-0.1, -0.05) is 11.3 Å². The van der Waals surface area contributed by atoms with E-state index >= 15 is 0 Å². The zero-order chi connectivity index (χ0) is 22.3. The molecule has 0 saturated carbocycles. The third kappa shape index (κ3) is 4.14. The van der Waals surface area contributed by atoms with E-state index in [0.717, 1.165) is 21.3 Å². The molecular weight excluding hydrogens is 413 g/mol. The minimum absolute atomic E-state index is 0.0137. The number of carbonyl (C=O) groups is 2. The summed E-state index contributed by atoms with van der Waals surface area (Å²) in [5.74, 6) is -0.675. The SMILES string of the molecule is CC(=O)c1cc(-c2ccc(F)cc2)n(CC(=O)Nc2nc3cc(C)c(C)cc3s2)c1C. The summed E-state index contributed by atoms with van der Waals surface area (Å²) in [4.78, 5) is 29.4. The molecule has 0 bridgehead atoms. The number of hydrogen-bond acceptors (Lipinski definition) is 4. The molecule has 31 heavy (non-hydrogen) atoms. The van der Waals surface area contributed by atoms with Crippen molar-refractivity contribution in [1.29, 1.82) is 0 Å². The molecule has 0 unspecified atom stereocenters. The fraction of sp³-hybridized carbons (Fsp3) is 0.208. The van der Waals surface area contributed by atoms with Gasteiger partial charge < -0.3 is 9.88 Å². The molecule has 0 radical (unpaired) electrons. The second kappa shape index (κ2) is 8.07. The van der Waals surface area contributed by atoms with Gasteiger partial charge in [0.15, 0.2) is 10.9 Å². The summed E-state index contributed by atoms with van der Waals surface area (Å²) in [6, 6.07) is 11.8. The Labute approximate surface area is 183 Å². The highest BCUT2D eigenvalue weighted by molar-refractivity contribution is 7.22. The molecule has 1 amide bonds. The number of anilines is 1. The number of fused-ring (bicyclic) bond motifs is 1. The largest absolute Gasteiger partial charge is 0.335 e. The molecule has 158 valence electrons. The van der Waals surface area contributed by atoms with Crippen LogP contribution < -0.4 is 5.32 Å². The smallest absolute Gasteiger partial charge is 0.246 e. The van der Waals surface area contributed by atoms with Crippen LogP contribution in [0.2, 0.25) is 0 Å². The maximum Gasteiger partial charge on any atom is 0.246 e. The van der Waals surface area contributed by atoms with Crippen LogP contribution in [0.5, 0.6) is 0 Å². The Kier molecular flexibility index (Phi) is 5.45. The van der Waals surface area contributed by atoms with Crippen LogP contribution >= 0.6 is 11.3 Å². The Morgan fingerprint density at radius 2 is 1.74 bits per heavy atom. The lowest BCUT2D eigenvalue weighted by Crippen LogP contribution is -2.20. The van der Waals surface area contributed by atoms with Gasteiger partial charge in [-0.3, -0.25) is 9.59 Å². The van der Waals surface area contributed by atoms with Crippen molar-refractivity contribution in [2.24, 2.45) is 0 Å². The molecule has 4 rings (SSSR count). The minimum atomic E-state index is -0.343. The number of nitrogens with zero attached hydrogens (tertiary/aromatic N) is 2. The molecule has 0 aliphatic heterocycles. The van der Waals surface area contributed by atoms with Gasteiger partial charge in [0, 0.05) is 17.0 Å². The van der Waals surface area contributed by atoms with Gasteiger partial charge in [-0.05, 0) is 86.8 Å². The van der Waals surface area contributed by atoms with Crippen LogP contribution in [0, 0.1) is 26.6 Å². The van der Waals surface area contributed by atoms with E-state index in [1.807, 2.05) is 19.9 Å². The molecule has 5 nitrogen and oxygen atoms in total. The lowest BCUT2D eigenvalue weighted by molar-refractivity contribution is -0.116. The number of halogens is 1. The standard InChI is InChI=1S/C24H22FN3O2S/c1-13-9-20-22(10-14(13)2)31-24(26-20)27-23(30)12-28-15(3)19(16(4)29)11-21(28)17-5-7-18(25)8-6-17/h5-11H,12H2,1-4H3,(H,26,27,30). The summed E-state index contributed by atoms with van der Waals surface area (Å²) in [6.07, 6.45) is 0. The molecule has 0 atom stereocenters. The molecular formula is C24H22FN3O2S. The van der Waals surface area contributed by atoms with E-state index in [-0.39, 0.29) is 24.1 Å². The van der Waals surface area contributed by atoms with Crippen LogP contribution in [0.25, 0.3) is 21.5 Å². The molecule has 0 fully saturated rings. The van der Waals surface area contributed by atoms with Gasteiger partial charge in [-0.15, -0.1) is 0 Å². The third-order valence-corrected chi connectivity index (χ3v) is 6.37. The Hall–Kier alpha value is -3.32. The average molecular weight is 436 g/mol. The molecule has 0 aliphatic carbocycles. The number of rotatable bonds is 5. The number of benzene rings is 2. The van der Waals surface area contributed by atoms with Gasteiger partial charge in [0.05, 0.1) is 10.2 Å². The zero-order valence-corrected chi connectivity index (χ0v) is 18.6. The van der Waals surface area contributed by atoms with Gasteiger partial charge in [-0.2, -0.15) is 0 Å². The predicted molar refractivity (Wildman–Crippen MR) is 122 cm³/mol. The van der Waals surface area contributed by atoms with E-state index in [4.69, 9.17) is 0 Å². The molecule has 0 aliphatic rings. The molecule has 1 N–H and O–H groups in total. The van der Waals surface area contributed by atoms with Crippen LogP contribution in [0.1, 0.15) is 34.1 Å². The number of Topliss-reactive ketones (excluding diaryl/α,β-unsaturated/α-hetero) is 1. The van der Waals surface area contributed by atoms with Crippen molar-refractivity contribution in [3.8, 4) is 11.3 Å². The van der Waals surface area contributed by atoms with Crippen LogP contribution in [-0.2, 0) is 11.3 Å². The number of aromatic nitrogens is 2. The summed E-state index contributed by atoms with van der Waals surface area (Å²) in [7, 11) is 0. The third-order valence-electron chi connectivity index (χ3n) is 5.44. The first-order chi connectivity index (χ1) is 14.7. The van der Waals surface area contributed by atoms with E-state index in [1.165, 1.54) is 36.0 Å². The minimum Gasteiger partial charge on any atom is -0.335 e. The van der Waals surface area contributed by atoms with E-state index in [0.29, 0.717) is 22.1 Å². The molecule has 0 saturated heterocycles. The summed E-state index contributed by atoms with van der Waals surface area (Å²) >= 11 is 1.43. The quantitative estimate of drug-likeness (QED) is 0.411. The highest BCUT2D eigenvalue weighted by Crippen LogP contribution is 2.29. The lowest BCUT2D eigenvalue weighted by atomic mass is 10.1. The fourth-order valence-corrected chi connectivity index (χ4v) is 4.56. The van der Waals surface area contributed by atoms with Gasteiger partial charge in [0.2, 0.25) is 5.91 Å². The Bertz CT molecular complexity index is 1280. The van der Waals surface area contributed by atoms with Gasteiger partial charge in [-0.25, -0.2) is 9.37 Å². The topological polar surface area (TPSA) is 64.0 Å². The van der Waals surface area contributed by atoms with Crippen molar-refractivity contribution in [2.75, 3.05) is 5.32 Å². The first-order valence-electron chi connectivity index (χ1n) is 9.87. The summed E-state index contributed by atoms with van der Waals surface area (Å²) in [5, 5.41) is 3.41. The van der Waals surface area contributed by atoms with Gasteiger partial charge in [0.1, 0.15) is 12.4 Å². The van der Waals surface area contributed by atoms with Crippen LogP contribution in [0.15, 0.2) is 42.5 Å². The summed E-state index contributed by atoms with van der Waals surface area (Å²) < 4.78 is 16.2. The average Bonchev–Trinajstić information content (AvgIpc) is 3.23. The van der Waals surface area contributed by atoms with Crippen LogP contribution in [0.3, 0.4) is 0 Å². The van der Waals surface area contributed by atoms with E-state index in [1.54, 1.807) is 29.7 Å². The zero-order valence-electron chi connectivity index (χ0n) is 17.7. The molecule has 2 aromatic heterocycles. The number of thiazole rings is 1. The second-order valence-corrected chi connectivity index (χ2v) is 8.68. The van der Waals surface area contributed by atoms with E-state index in [2.05, 4.69) is 16.4 Å². The highest BCUT2D eigenvalue weighted by atomic mass is 32.1. The Balaban J connectivity index is 1.64. The van der Waals surface area contributed by atoms with Crippen molar-refractivity contribution >= 4 is 38.4 Å². The van der Waals surface area contributed by atoms with Gasteiger partial charge in [0.25, 0.3) is 0 Å². The predicted octanol–water partition coefficient (Wildman–Crippen LogP) is 5.67.